The largest absolute Gasteiger partial charge is 0.406 e. The quantitative estimate of drug-likeness (QED) is 0.443. The summed E-state index contributed by atoms with van der Waals surface area (Å²) in [7, 11) is 1.42. The highest BCUT2D eigenvalue weighted by atomic mass is 127. The molecule has 1 aliphatic rings. The first-order valence-electron chi connectivity index (χ1n) is 8.14. The smallest absolute Gasteiger partial charge is 0.219 e. The van der Waals surface area contributed by atoms with Crippen molar-refractivity contribution >= 4 is 30.9 Å². The van der Waals surface area contributed by atoms with Gasteiger partial charge in [0, 0.05) is 20.1 Å². The van der Waals surface area contributed by atoms with E-state index in [9.17, 15) is 0 Å². The summed E-state index contributed by atoms with van der Waals surface area (Å²) >= 11 is 2.23. The van der Waals surface area contributed by atoms with Gasteiger partial charge in [-0.3, -0.25) is 0 Å². The maximum atomic E-state index is 6.77. The minimum atomic E-state index is -2.01. The van der Waals surface area contributed by atoms with Gasteiger partial charge in [0.25, 0.3) is 0 Å². The van der Waals surface area contributed by atoms with Crippen LogP contribution in [0.3, 0.4) is 0 Å². The fourth-order valence-electron chi connectivity index (χ4n) is 2.69. The second-order valence-corrected chi connectivity index (χ2v) is 13.3. The average molecular weight is 456 g/mol. The molecule has 0 bridgehead atoms. The lowest BCUT2D eigenvalue weighted by atomic mass is 9.88. The second kappa shape index (κ2) is 7.82. The Hall–Kier alpha value is 0.527. The van der Waals surface area contributed by atoms with E-state index in [1.807, 2.05) is 11.0 Å². The molecule has 0 aromatic heterocycles. The molecule has 0 saturated carbocycles. The van der Waals surface area contributed by atoms with E-state index < -0.39 is 14.1 Å². The molecule has 6 heteroatoms. The van der Waals surface area contributed by atoms with Crippen molar-refractivity contribution in [3.63, 3.8) is 0 Å². The van der Waals surface area contributed by atoms with Gasteiger partial charge in [-0.15, -0.1) is 0 Å². The van der Waals surface area contributed by atoms with Gasteiger partial charge in [0.2, 0.25) is 5.79 Å². The Labute approximate surface area is 156 Å². The number of hydrogen-bond acceptors (Lipinski definition) is 4. The molecule has 0 aliphatic carbocycles. The summed E-state index contributed by atoms with van der Waals surface area (Å²) < 4.78 is 26.7. The van der Waals surface area contributed by atoms with Crippen LogP contribution < -0.4 is 0 Å². The summed E-state index contributed by atoms with van der Waals surface area (Å²) in [6.45, 7) is 16.0. The molecule has 4 nitrogen and oxygen atoms in total. The van der Waals surface area contributed by atoms with Gasteiger partial charge in [0.05, 0.1) is 12.7 Å². The summed E-state index contributed by atoms with van der Waals surface area (Å²) in [6, 6.07) is 0. The Bertz CT molecular complexity index is 433. The Morgan fingerprint density at radius 1 is 1.30 bits per heavy atom. The minimum Gasteiger partial charge on any atom is -0.406 e. The predicted octanol–water partition coefficient (Wildman–Crippen LogP) is 4.74. The third-order valence-corrected chi connectivity index (χ3v) is 10.7. The lowest BCUT2D eigenvalue weighted by Crippen LogP contribution is -2.64. The molecular formula is C17H33IO4Si. The fraction of sp³-hybridized carbons (Fsp3) is 0.882. The van der Waals surface area contributed by atoms with E-state index in [-0.39, 0.29) is 23.2 Å². The summed E-state index contributed by atoms with van der Waals surface area (Å²) in [4.78, 5) is 0. The molecule has 1 saturated heterocycles. The molecule has 4 atom stereocenters. The first-order valence-corrected chi connectivity index (χ1v) is 12.3. The maximum Gasteiger partial charge on any atom is 0.219 e. The highest BCUT2D eigenvalue weighted by molar-refractivity contribution is 14.1. The Balaban J connectivity index is 3.34. The van der Waals surface area contributed by atoms with E-state index in [0.29, 0.717) is 6.61 Å². The van der Waals surface area contributed by atoms with Crippen LogP contribution in [0.25, 0.3) is 0 Å². The van der Waals surface area contributed by atoms with E-state index in [2.05, 4.69) is 63.4 Å². The van der Waals surface area contributed by atoms with Crippen molar-refractivity contribution in [2.45, 2.75) is 70.7 Å². The van der Waals surface area contributed by atoms with Crippen LogP contribution in [0.4, 0.5) is 0 Å². The van der Waals surface area contributed by atoms with Crippen molar-refractivity contribution in [1.29, 1.82) is 0 Å². The lowest BCUT2D eigenvalue weighted by molar-refractivity contribution is -0.301. The Morgan fingerprint density at radius 3 is 2.26 bits per heavy atom. The molecule has 0 N–H and O–H groups in total. The normalized spacial score (nSPS) is 33.8. The van der Waals surface area contributed by atoms with E-state index in [0.717, 1.165) is 5.57 Å². The van der Waals surface area contributed by atoms with Crippen LogP contribution in [0.15, 0.2) is 9.66 Å². The van der Waals surface area contributed by atoms with Gasteiger partial charge in [0.15, 0.2) is 8.32 Å². The summed E-state index contributed by atoms with van der Waals surface area (Å²) in [5.74, 6) is -0.635. The van der Waals surface area contributed by atoms with E-state index >= 15 is 0 Å². The van der Waals surface area contributed by atoms with Crippen LogP contribution in [0.2, 0.25) is 18.1 Å². The van der Waals surface area contributed by atoms with Crippen LogP contribution >= 0.6 is 22.6 Å². The van der Waals surface area contributed by atoms with Gasteiger partial charge >= 0.3 is 0 Å². The molecule has 136 valence electrons. The zero-order valence-electron chi connectivity index (χ0n) is 16.0. The zero-order chi connectivity index (χ0) is 18.1. The summed E-state index contributed by atoms with van der Waals surface area (Å²) in [6.07, 6.45) is -0.350. The van der Waals surface area contributed by atoms with Gasteiger partial charge in [-0.05, 0) is 34.7 Å². The van der Waals surface area contributed by atoms with E-state index in [1.54, 1.807) is 14.2 Å². The minimum absolute atomic E-state index is 0.0656. The molecule has 1 aliphatic heterocycles. The molecule has 1 fully saturated rings. The highest BCUT2D eigenvalue weighted by Crippen LogP contribution is 2.44. The fourth-order valence-corrected chi connectivity index (χ4v) is 4.40. The van der Waals surface area contributed by atoms with Crippen molar-refractivity contribution in [3.8, 4) is 0 Å². The molecule has 0 aromatic rings. The van der Waals surface area contributed by atoms with Gasteiger partial charge in [0.1, 0.15) is 6.10 Å². The number of rotatable bonds is 5. The van der Waals surface area contributed by atoms with Crippen LogP contribution in [0.1, 0.15) is 34.6 Å². The molecular weight excluding hydrogens is 423 g/mol. The first kappa shape index (κ1) is 21.6. The highest BCUT2D eigenvalue weighted by Gasteiger charge is 2.55. The molecule has 0 aromatic carbocycles. The third-order valence-electron chi connectivity index (χ3n) is 5.31. The topological polar surface area (TPSA) is 36.9 Å². The molecule has 1 heterocycles. The molecule has 0 radical (unpaired) electrons. The first-order chi connectivity index (χ1) is 10.5. The molecule has 23 heavy (non-hydrogen) atoms. The number of methoxy groups -OCH3 is 2. The summed E-state index contributed by atoms with van der Waals surface area (Å²) in [5.41, 5.74) is 1.01. The van der Waals surface area contributed by atoms with E-state index in [4.69, 9.17) is 18.6 Å². The van der Waals surface area contributed by atoms with Crippen molar-refractivity contribution in [1.82, 2.24) is 0 Å². The maximum absolute atomic E-state index is 6.77. The molecule has 0 unspecified atom stereocenters. The van der Waals surface area contributed by atoms with Crippen molar-refractivity contribution in [3.05, 3.63) is 9.66 Å². The van der Waals surface area contributed by atoms with Crippen LogP contribution in [0, 0.1) is 5.92 Å². The van der Waals surface area contributed by atoms with Crippen LogP contribution in [0.5, 0.6) is 0 Å². The van der Waals surface area contributed by atoms with Crippen LogP contribution in [-0.2, 0) is 18.6 Å². The third kappa shape index (κ3) is 4.20. The molecule has 0 amide bonds. The van der Waals surface area contributed by atoms with Crippen molar-refractivity contribution < 1.29 is 18.6 Å². The second-order valence-electron chi connectivity index (χ2n) is 7.95. The predicted molar refractivity (Wildman–Crippen MR) is 106 cm³/mol. The standard InChI is InChI=1S/C17H33IO4Si/c1-12-11-21-17(20-7,13(2)10-18)15(14(12)19-6)22-23(8,9)16(3,4)5/h10,12,14-15H,11H2,1-9H3/b13-10+/t12-,14-,15+,17-/m0/s1. The number of ether oxygens (including phenoxy) is 3. The Kier molecular flexibility index (Phi) is 7.34. The monoisotopic (exact) mass is 456 g/mol. The number of halogens is 1. The average Bonchev–Trinajstić information content (AvgIpc) is 2.46. The Morgan fingerprint density at radius 2 is 1.87 bits per heavy atom. The lowest BCUT2D eigenvalue weighted by Gasteiger charge is -2.52. The summed E-state index contributed by atoms with van der Waals surface area (Å²) in [5, 5.41) is 0.105. The SMILES string of the molecule is CO[C@@H]1[C@@H](O[Si](C)(C)C(C)(C)C)[C@](OC)(/C(C)=C/I)OC[C@@H]1C. The van der Waals surface area contributed by atoms with Crippen LogP contribution in [-0.4, -0.2) is 47.1 Å². The van der Waals surface area contributed by atoms with E-state index in [1.165, 1.54) is 0 Å². The van der Waals surface area contributed by atoms with Crippen molar-refractivity contribution in [2.75, 3.05) is 20.8 Å². The van der Waals surface area contributed by atoms with Gasteiger partial charge in [-0.25, -0.2) is 0 Å². The zero-order valence-corrected chi connectivity index (χ0v) is 19.2. The van der Waals surface area contributed by atoms with Crippen molar-refractivity contribution in [2.24, 2.45) is 5.92 Å². The van der Waals surface area contributed by atoms with Gasteiger partial charge in [-0.2, -0.15) is 0 Å². The number of hydrogen-bond donors (Lipinski definition) is 0. The molecule has 0 spiro atoms. The van der Waals surface area contributed by atoms with Gasteiger partial charge in [-0.1, -0.05) is 50.3 Å². The van der Waals surface area contributed by atoms with Gasteiger partial charge < -0.3 is 18.6 Å². The molecule has 1 rings (SSSR count).